The fourth-order valence-electron chi connectivity index (χ4n) is 4.03. The van der Waals surface area contributed by atoms with E-state index in [1.54, 1.807) is 45.9 Å². The number of nitrogens with two attached hydrogens (primary N) is 1. The molecule has 1 saturated carbocycles. The van der Waals surface area contributed by atoms with Crippen LogP contribution in [0.25, 0.3) is 5.57 Å². The van der Waals surface area contributed by atoms with Gasteiger partial charge in [-0.2, -0.15) is 0 Å². The topological polar surface area (TPSA) is 61.5 Å². The van der Waals surface area contributed by atoms with Crippen molar-refractivity contribution in [1.29, 1.82) is 0 Å². The summed E-state index contributed by atoms with van der Waals surface area (Å²) in [4.78, 5) is 12.9. The van der Waals surface area contributed by atoms with E-state index in [4.69, 9.17) is 10.5 Å². The van der Waals surface area contributed by atoms with Gasteiger partial charge in [0.15, 0.2) is 0 Å². The van der Waals surface area contributed by atoms with E-state index in [0.717, 1.165) is 5.56 Å². The summed E-state index contributed by atoms with van der Waals surface area (Å²) in [6.45, 7) is 7.16. The Morgan fingerprint density at radius 2 is 1.71 bits per heavy atom. The number of carbonyl (C=O) groups excluding carboxylic acids is 1. The number of hydrogen-bond acceptors (Lipinski definition) is 4. The molecule has 0 atom stereocenters. The van der Waals surface area contributed by atoms with Gasteiger partial charge < -0.3 is 15.2 Å². The lowest BCUT2D eigenvalue weighted by Crippen LogP contribution is -2.54. The van der Waals surface area contributed by atoms with Crippen LogP contribution in [0.5, 0.6) is 5.75 Å². The molecule has 4 nitrogen and oxygen atoms in total. The molecule has 0 unspecified atom stereocenters. The highest BCUT2D eigenvalue weighted by Gasteiger charge is 2.53. The molecule has 154 valence electrons. The Morgan fingerprint density at radius 1 is 1.11 bits per heavy atom. The number of alkyl halides is 3. The summed E-state index contributed by atoms with van der Waals surface area (Å²) in [6.07, 6.45) is -1.06. The number of rotatable bonds is 3. The molecular weight excluding hydrogens is 371 g/mol. The van der Waals surface area contributed by atoms with Crippen LogP contribution in [0.15, 0.2) is 24.3 Å². The maximum absolute atomic E-state index is 12.9. The minimum Gasteiger partial charge on any atom is -0.459 e. The molecular formula is C21H26F3NO3. The van der Waals surface area contributed by atoms with E-state index >= 15 is 0 Å². The van der Waals surface area contributed by atoms with Crippen LogP contribution in [0.3, 0.4) is 0 Å². The van der Waals surface area contributed by atoms with Crippen molar-refractivity contribution in [3.05, 3.63) is 35.4 Å². The van der Waals surface area contributed by atoms with Crippen molar-refractivity contribution in [2.75, 3.05) is 0 Å². The third-order valence-corrected chi connectivity index (χ3v) is 5.45. The first-order valence-electron chi connectivity index (χ1n) is 9.36. The molecule has 28 heavy (non-hydrogen) atoms. The molecule has 7 heteroatoms. The minimum absolute atomic E-state index is 0.284. The molecule has 0 aromatic heterocycles. The Hall–Kier alpha value is -2.02. The molecule has 2 N–H and O–H groups in total. The van der Waals surface area contributed by atoms with Gasteiger partial charge in [-0.3, -0.25) is 4.79 Å². The summed E-state index contributed by atoms with van der Waals surface area (Å²) in [6, 6.07) is 4.48. The molecule has 1 aromatic rings. The van der Waals surface area contributed by atoms with Crippen LogP contribution < -0.4 is 10.5 Å². The summed E-state index contributed by atoms with van der Waals surface area (Å²) in [5.74, 6) is -0.661. The van der Waals surface area contributed by atoms with Gasteiger partial charge in [0.2, 0.25) is 0 Å². The van der Waals surface area contributed by atoms with Crippen molar-refractivity contribution in [2.45, 2.75) is 70.9 Å². The molecule has 3 aliphatic carbocycles. The number of halogens is 3. The van der Waals surface area contributed by atoms with E-state index in [1.807, 2.05) is 0 Å². The molecule has 2 bridgehead atoms. The summed E-state index contributed by atoms with van der Waals surface area (Å²) in [7, 11) is 0. The Balaban J connectivity index is 2.10. The van der Waals surface area contributed by atoms with E-state index < -0.39 is 22.9 Å². The standard InChI is InChI=1S/C21H26F3NO3/c1-13-5-6-16(27-21(22,23)24)14(11-13)15-12-19(17(26)28-18(2,3)4)7-9-20(15,25)10-8-19/h5-6,11-12H,7-10,25H2,1-4H3. The van der Waals surface area contributed by atoms with Crippen LogP contribution in [0.1, 0.15) is 57.6 Å². The van der Waals surface area contributed by atoms with Crippen molar-refractivity contribution in [1.82, 2.24) is 0 Å². The minimum atomic E-state index is -4.82. The Bertz CT molecular complexity index is 813. The van der Waals surface area contributed by atoms with Crippen molar-refractivity contribution in [3.8, 4) is 5.75 Å². The number of fused-ring (bicyclic) bond motifs is 2. The largest absolute Gasteiger partial charge is 0.573 e. The normalized spacial score (nSPS) is 27.4. The molecule has 0 saturated heterocycles. The zero-order valence-corrected chi connectivity index (χ0v) is 16.6. The maximum atomic E-state index is 12.9. The summed E-state index contributed by atoms with van der Waals surface area (Å²) < 4.78 is 48.6. The fraction of sp³-hybridized carbons (Fsp3) is 0.571. The van der Waals surface area contributed by atoms with Crippen LogP contribution in [-0.2, 0) is 9.53 Å². The van der Waals surface area contributed by atoms with Crippen molar-refractivity contribution in [2.24, 2.45) is 11.1 Å². The Kier molecular flexibility index (Phi) is 4.81. The van der Waals surface area contributed by atoms with Gasteiger partial charge in [-0.05, 0) is 71.1 Å². The van der Waals surface area contributed by atoms with E-state index in [-0.39, 0.29) is 17.3 Å². The molecule has 0 aliphatic heterocycles. The zero-order valence-electron chi connectivity index (χ0n) is 16.6. The van der Waals surface area contributed by atoms with Crippen LogP contribution in [0, 0.1) is 12.3 Å². The van der Waals surface area contributed by atoms with Crippen molar-refractivity contribution >= 4 is 11.5 Å². The quantitative estimate of drug-likeness (QED) is 0.738. The van der Waals surface area contributed by atoms with Gasteiger partial charge in [0, 0.05) is 11.1 Å². The predicted molar refractivity (Wildman–Crippen MR) is 99.5 cm³/mol. The van der Waals surface area contributed by atoms with Gasteiger partial charge in [-0.15, -0.1) is 13.2 Å². The second kappa shape index (κ2) is 6.51. The average Bonchev–Trinajstić information content (AvgIpc) is 2.54. The van der Waals surface area contributed by atoms with Crippen LogP contribution in [-0.4, -0.2) is 23.5 Å². The lowest BCUT2D eigenvalue weighted by Gasteiger charge is -2.50. The van der Waals surface area contributed by atoms with Crippen LogP contribution >= 0.6 is 0 Å². The smallest absolute Gasteiger partial charge is 0.459 e. The van der Waals surface area contributed by atoms with Gasteiger partial charge in [0.25, 0.3) is 0 Å². The van der Waals surface area contributed by atoms with E-state index in [9.17, 15) is 18.0 Å². The third kappa shape index (κ3) is 4.04. The summed E-state index contributed by atoms with van der Waals surface area (Å²) in [5.41, 5.74) is 5.86. The molecule has 4 rings (SSSR count). The van der Waals surface area contributed by atoms with Crippen LogP contribution in [0.2, 0.25) is 0 Å². The molecule has 0 radical (unpaired) electrons. The molecule has 0 heterocycles. The van der Waals surface area contributed by atoms with Gasteiger partial charge in [0.05, 0.1) is 5.41 Å². The number of benzene rings is 1. The highest BCUT2D eigenvalue weighted by molar-refractivity contribution is 5.88. The lowest BCUT2D eigenvalue weighted by molar-refractivity contribution is -0.274. The summed E-state index contributed by atoms with van der Waals surface area (Å²) >= 11 is 0. The van der Waals surface area contributed by atoms with Crippen LogP contribution in [0.4, 0.5) is 13.2 Å². The first-order valence-corrected chi connectivity index (χ1v) is 9.36. The fourth-order valence-corrected chi connectivity index (χ4v) is 4.03. The third-order valence-electron chi connectivity index (χ3n) is 5.45. The second-order valence-corrected chi connectivity index (χ2v) is 8.92. The van der Waals surface area contributed by atoms with Gasteiger partial charge in [-0.25, -0.2) is 0 Å². The van der Waals surface area contributed by atoms with Gasteiger partial charge >= 0.3 is 12.3 Å². The van der Waals surface area contributed by atoms with E-state index in [0.29, 0.717) is 31.3 Å². The monoisotopic (exact) mass is 397 g/mol. The molecule has 1 aromatic carbocycles. The first kappa shape index (κ1) is 20.7. The number of ether oxygens (including phenoxy) is 2. The van der Waals surface area contributed by atoms with E-state index in [2.05, 4.69) is 4.74 Å². The molecule has 3 aliphatic rings. The number of carbonyl (C=O) groups is 1. The van der Waals surface area contributed by atoms with Crippen molar-refractivity contribution in [3.63, 3.8) is 0 Å². The first-order chi connectivity index (χ1) is 12.7. The molecule has 0 amide bonds. The van der Waals surface area contributed by atoms with E-state index in [1.165, 1.54) is 6.07 Å². The Labute approximate surface area is 162 Å². The SMILES string of the molecule is Cc1ccc(OC(F)(F)F)c(C2=CC3(C(=O)OC(C)(C)C)CCC2(N)CC3)c1. The molecule has 1 fully saturated rings. The number of esters is 1. The predicted octanol–water partition coefficient (Wildman–Crippen LogP) is 4.89. The average molecular weight is 397 g/mol. The molecule has 0 spiro atoms. The van der Waals surface area contributed by atoms with Gasteiger partial charge in [-0.1, -0.05) is 17.7 Å². The number of hydrogen-bond donors (Lipinski definition) is 1. The second-order valence-electron chi connectivity index (χ2n) is 8.92. The zero-order chi connectivity index (χ0) is 21.0. The summed E-state index contributed by atoms with van der Waals surface area (Å²) in [5, 5.41) is 0. The van der Waals surface area contributed by atoms with Gasteiger partial charge in [0.1, 0.15) is 11.4 Å². The Morgan fingerprint density at radius 3 is 2.25 bits per heavy atom. The maximum Gasteiger partial charge on any atom is 0.573 e. The highest BCUT2D eigenvalue weighted by Crippen LogP contribution is 2.55. The highest BCUT2D eigenvalue weighted by atomic mass is 19.4. The lowest BCUT2D eigenvalue weighted by atomic mass is 9.57. The number of aryl methyl sites for hydroxylation is 1. The van der Waals surface area contributed by atoms with Crippen molar-refractivity contribution < 1.29 is 27.4 Å².